The van der Waals surface area contributed by atoms with Crippen LogP contribution in [-0.4, -0.2) is 28.2 Å². The molecule has 0 N–H and O–H groups in total. The van der Waals surface area contributed by atoms with Crippen molar-refractivity contribution in [2.24, 2.45) is 11.8 Å². The molecular formula is C20H26N2O3. The van der Waals surface area contributed by atoms with Crippen LogP contribution >= 0.6 is 0 Å². The molecule has 0 atom stereocenters. The lowest BCUT2D eigenvalue weighted by atomic mass is 9.82. The monoisotopic (exact) mass is 342 g/mol. The minimum Gasteiger partial charge on any atom is -0.486 e. The molecule has 2 saturated carbocycles. The van der Waals surface area contributed by atoms with Gasteiger partial charge in [0.05, 0.1) is 30.3 Å². The third kappa shape index (κ3) is 3.51. The number of esters is 1. The summed E-state index contributed by atoms with van der Waals surface area (Å²) in [4.78, 5) is 16.2. The van der Waals surface area contributed by atoms with E-state index in [0.717, 1.165) is 61.9 Å². The molecular weight excluding hydrogens is 316 g/mol. The Morgan fingerprint density at radius 1 is 1.32 bits per heavy atom. The molecule has 2 aliphatic carbocycles. The number of carbonyl (C=O) groups excluding carboxylic acids is 1. The van der Waals surface area contributed by atoms with Crippen molar-refractivity contribution in [3.63, 3.8) is 0 Å². The Hall–Kier alpha value is -2.04. The predicted octanol–water partition coefficient (Wildman–Crippen LogP) is 3.95. The molecule has 0 bridgehead atoms. The maximum absolute atomic E-state index is 11.7. The molecule has 25 heavy (non-hydrogen) atoms. The van der Waals surface area contributed by atoms with Gasteiger partial charge in [0.15, 0.2) is 0 Å². The summed E-state index contributed by atoms with van der Waals surface area (Å²) in [6.45, 7) is 3.12. The van der Waals surface area contributed by atoms with E-state index in [4.69, 9.17) is 9.47 Å². The van der Waals surface area contributed by atoms with Crippen LogP contribution in [0, 0.1) is 11.8 Å². The van der Waals surface area contributed by atoms with Crippen molar-refractivity contribution in [1.29, 1.82) is 0 Å². The normalized spacial score (nSPS) is 24.9. The highest BCUT2D eigenvalue weighted by atomic mass is 16.5. The van der Waals surface area contributed by atoms with Crippen molar-refractivity contribution in [2.45, 2.75) is 57.6 Å². The van der Waals surface area contributed by atoms with Gasteiger partial charge in [0.25, 0.3) is 0 Å². The average molecular weight is 342 g/mol. The number of hydrogen-bond acceptors (Lipinski definition) is 4. The van der Waals surface area contributed by atoms with Crippen LogP contribution in [0.4, 0.5) is 0 Å². The minimum absolute atomic E-state index is 0.0129. The number of hydrogen-bond donors (Lipinski definition) is 0. The number of methoxy groups -OCH3 is 1. The van der Waals surface area contributed by atoms with E-state index in [1.165, 1.54) is 7.11 Å². The van der Waals surface area contributed by atoms with Crippen molar-refractivity contribution in [3.8, 4) is 5.75 Å². The van der Waals surface area contributed by atoms with Gasteiger partial charge in [-0.05, 0) is 57.4 Å². The molecule has 4 rings (SSSR count). The molecule has 2 fully saturated rings. The molecule has 0 unspecified atom stereocenters. The molecule has 5 heteroatoms. The van der Waals surface area contributed by atoms with Crippen molar-refractivity contribution in [3.05, 3.63) is 24.5 Å². The van der Waals surface area contributed by atoms with Crippen LogP contribution in [0.25, 0.3) is 11.0 Å². The minimum atomic E-state index is -0.0515. The van der Waals surface area contributed by atoms with E-state index in [1.54, 1.807) is 0 Å². The van der Waals surface area contributed by atoms with Gasteiger partial charge in [0, 0.05) is 18.8 Å². The van der Waals surface area contributed by atoms with Crippen LogP contribution < -0.4 is 4.74 Å². The van der Waals surface area contributed by atoms with Gasteiger partial charge in [-0.2, -0.15) is 0 Å². The number of pyridine rings is 1. The topological polar surface area (TPSA) is 53.4 Å². The second-order valence-corrected chi connectivity index (χ2v) is 7.84. The van der Waals surface area contributed by atoms with Crippen LogP contribution in [0.1, 0.15) is 45.4 Å². The van der Waals surface area contributed by atoms with Crippen LogP contribution in [0.15, 0.2) is 24.5 Å². The van der Waals surface area contributed by atoms with E-state index >= 15 is 0 Å². The second kappa shape index (κ2) is 6.36. The smallest absolute Gasteiger partial charge is 0.308 e. The lowest BCUT2D eigenvalue weighted by Crippen LogP contribution is -2.24. The summed E-state index contributed by atoms with van der Waals surface area (Å²) in [7, 11) is 1.48. The number of carbonyl (C=O) groups is 1. The summed E-state index contributed by atoms with van der Waals surface area (Å²) in [5.74, 6) is 1.50. The average Bonchev–Trinajstić information content (AvgIpc) is 3.22. The Labute approximate surface area is 148 Å². The maximum atomic E-state index is 11.7. The van der Waals surface area contributed by atoms with E-state index in [1.807, 2.05) is 6.20 Å². The Kier molecular flexibility index (Phi) is 4.18. The first-order valence-corrected chi connectivity index (χ1v) is 9.28. The number of nitrogens with zero attached hydrogens (tertiary/aromatic N) is 2. The van der Waals surface area contributed by atoms with Gasteiger partial charge in [0.2, 0.25) is 0 Å². The second-order valence-electron chi connectivity index (χ2n) is 7.84. The van der Waals surface area contributed by atoms with E-state index < -0.39 is 0 Å². The highest BCUT2D eigenvalue weighted by Crippen LogP contribution is 2.40. The molecule has 2 aromatic heterocycles. The number of rotatable bonds is 5. The molecule has 0 spiro atoms. The van der Waals surface area contributed by atoms with Gasteiger partial charge in [0.1, 0.15) is 11.4 Å². The van der Waals surface area contributed by atoms with E-state index in [-0.39, 0.29) is 17.5 Å². The van der Waals surface area contributed by atoms with Crippen molar-refractivity contribution < 1.29 is 14.3 Å². The van der Waals surface area contributed by atoms with E-state index in [0.29, 0.717) is 5.92 Å². The van der Waals surface area contributed by atoms with Gasteiger partial charge in [-0.1, -0.05) is 0 Å². The van der Waals surface area contributed by atoms with Gasteiger partial charge < -0.3 is 14.0 Å². The summed E-state index contributed by atoms with van der Waals surface area (Å²) in [5.41, 5.74) is 2.16. The first kappa shape index (κ1) is 16.4. The summed E-state index contributed by atoms with van der Waals surface area (Å²) in [6.07, 6.45) is 10.2. The Balaban J connectivity index is 1.44. The highest BCUT2D eigenvalue weighted by molar-refractivity contribution is 5.77. The third-order valence-electron chi connectivity index (χ3n) is 5.75. The highest BCUT2D eigenvalue weighted by Gasteiger charge is 2.40. The molecule has 0 aromatic carbocycles. The lowest BCUT2D eigenvalue weighted by Gasteiger charge is -2.27. The van der Waals surface area contributed by atoms with E-state index in [9.17, 15) is 4.79 Å². The fourth-order valence-corrected chi connectivity index (χ4v) is 3.85. The molecule has 0 aliphatic heterocycles. The van der Waals surface area contributed by atoms with Crippen LogP contribution in [0.5, 0.6) is 5.75 Å². The van der Waals surface area contributed by atoms with Crippen molar-refractivity contribution >= 4 is 17.0 Å². The fourth-order valence-electron chi connectivity index (χ4n) is 3.85. The Morgan fingerprint density at radius 3 is 2.76 bits per heavy atom. The van der Waals surface area contributed by atoms with Crippen LogP contribution in [0.3, 0.4) is 0 Å². The van der Waals surface area contributed by atoms with Crippen molar-refractivity contribution in [1.82, 2.24) is 9.55 Å². The summed E-state index contributed by atoms with van der Waals surface area (Å²) in [5, 5.41) is 0. The molecule has 2 aromatic rings. The summed E-state index contributed by atoms with van der Waals surface area (Å²) < 4.78 is 13.2. The zero-order valence-corrected chi connectivity index (χ0v) is 15.0. The third-order valence-corrected chi connectivity index (χ3v) is 5.75. The van der Waals surface area contributed by atoms with Crippen LogP contribution in [-0.2, 0) is 16.1 Å². The molecule has 0 amide bonds. The first-order chi connectivity index (χ1) is 12.1. The largest absolute Gasteiger partial charge is 0.486 e. The number of aromatic nitrogens is 2. The number of fused-ring (bicyclic) bond motifs is 1. The Morgan fingerprint density at radius 2 is 2.08 bits per heavy atom. The standard InChI is InChI=1S/C20H26N2O3/c1-20(8-9-20)25-16-11-18-17(21-12-16)7-10-22(18)13-14-3-5-15(6-4-14)19(23)24-2/h7,10-12,14-15H,3-6,8-9,13H2,1-2H3. The van der Waals surface area contributed by atoms with Gasteiger partial charge in [-0.3, -0.25) is 9.78 Å². The predicted molar refractivity (Wildman–Crippen MR) is 95.5 cm³/mol. The first-order valence-electron chi connectivity index (χ1n) is 9.28. The van der Waals surface area contributed by atoms with Gasteiger partial charge >= 0.3 is 5.97 Å². The fraction of sp³-hybridized carbons (Fsp3) is 0.600. The molecule has 134 valence electrons. The SMILES string of the molecule is COC(=O)C1CCC(Cn2ccc3ncc(OC4(C)CC4)cc32)CC1. The molecule has 0 saturated heterocycles. The van der Waals surface area contributed by atoms with Crippen LogP contribution in [0.2, 0.25) is 0 Å². The van der Waals surface area contributed by atoms with E-state index in [2.05, 4.69) is 34.8 Å². The summed E-state index contributed by atoms with van der Waals surface area (Å²) in [6, 6.07) is 4.18. The van der Waals surface area contributed by atoms with Gasteiger partial charge in [-0.15, -0.1) is 0 Å². The molecule has 2 heterocycles. The number of ether oxygens (including phenoxy) is 2. The van der Waals surface area contributed by atoms with Gasteiger partial charge in [-0.25, -0.2) is 0 Å². The molecule has 0 radical (unpaired) electrons. The van der Waals surface area contributed by atoms with Crippen molar-refractivity contribution in [2.75, 3.05) is 7.11 Å². The maximum Gasteiger partial charge on any atom is 0.308 e. The Bertz CT molecular complexity index is 770. The quantitative estimate of drug-likeness (QED) is 0.772. The lowest BCUT2D eigenvalue weighted by molar-refractivity contribution is -0.146. The zero-order valence-electron chi connectivity index (χ0n) is 15.0. The summed E-state index contributed by atoms with van der Waals surface area (Å²) >= 11 is 0. The molecule has 5 nitrogen and oxygen atoms in total. The zero-order chi connectivity index (χ0) is 17.4. The molecule has 2 aliphatic rings.